The number of benzene rings is 1. The topological polar surface area (TPSA) is 64.2 Å². The summed E-state index contributed by atoms with van der Waals surface area (Å²) in [7, 11) is 1.49. The van der Waals surface area contributed by atoms with Gasteiger partial charge in [0.2, 0.25) is 0 Å². The van der Waals surface area contributed by atoms with Crippen molar-refractivity contribution in [1.82, 2.24) is 9.30 Å². The molecule has 0 aliphatic carbocycles. The summed E-state index contributed by atoms with van der Waals surface area (Å²) in [5, 5.41) is 9.64. The first-order chi connectivity index (χ1) is 8.49. The minimum atomic E-state index is -0.764. The van der Waals surface area contributed by atoms with Gasteiger partial charge in [0.05, 0.1) is 5.03 Å². The number of rotatable bonds is 2. The largest absolute Gasteiger partial charge is 0.421 e. The van der Waals surface area contributed by atoms with Crippen LogP contribution < -0.4 is 11.2 Å². The van der Waals surface area contributed by atoms with E-state index in [0.717, 1.165) is 9.37 Å². The number of nitrogens with zero attached hydrogens (tertiary/aromatic N) is 2. The molecule has 1 aromatic carbocycles. The molecule has 0 saturated heterocycles. The Morgan fingerprint density at radius 1 is 1.28 bits per heavy atom. The monoisotopic (exact) mass is 328 g/mol. The Morgan fingerprint density at radius 2 is 2.00 bits per heavy atom. The Balaban J connectivity index is 2.48. The van der Waals surface area contributed by atoms with Crippen LogP contribution in [-0.4, -0.2) is 14.5 Å². The molecule has 18 heavy (non-hydrogen) atoms. The van der Waals surface area contributed by atoms with Crippen LogP contribution in [0.25, 0.3) is 0 Å². The predicted octanol–water partition coefficient (Wildman–Crippen LogP) is 1.70. The third-order valence-electron chi connectivity index (χ3n) is 2.27. The number of aromatic nitrogens is 2. The van der Waals surface area contributed by atoms with E-state index in [1.54, 1.807) is 0 Å². The van der Waals surface area contributed by atoms with E-state index in [4.69, 9.17) is 0 Å². The SMILES string of the molecule is Cn1c(Sc2cccc(Br)c2)cc(=O)n(O)c1=O. The van der Waals surface area contributed by atoms with Crippen molar-refractivity contribution >= 4 is 27.7 Å². The van der Waals surface area contributed by atoms with E-state index in [0.29, 0.717) is 5.03 Å². The normalized spacial score (nSPS) is 10.6. The van der Waals surface area contributed by atoms with Gasteiger partial charge in [0.1, 0.15) is 0 Å². The van der Waals surface area contributed by atoms with Crippen molar-refractivity contribution in [1.29, 1.82) is 0 Å². The minimum Gasteiger partial charge on any atom is -0.421 e. The first kappa shape index (κ1) is 13.0. The third kappa shape index (κ3) is 2.51. The first-order valence-corrected chi connectivity index (χ1v) is 6.56. The number of halogens is 1. The Bertz CT molecular complexity index is 708. The van der Waals surface area contributed by atoms with E-state index in [-0.39, 0.29) is 4.73 Å². The zero-order valence-corrected chi connectivity index (χ0v) is 11.7. The molecule has 7 heteroatoms. The molecule has 0 aliphatic rings. The maximum Gasteiger partial charge on any atom is 0.365 e. The number of hydrogen-bond acceptors (Lipinski definition) is 4. The Labute approximate surface area is 115 Å². The molecule has 2 rings (SSSR count). The van der Waals surface area contributed by atoms with Gasteiger partial charge in [-0.25, -0.2) is 4.79 Å². The zero-order valence-electron chi connectivity index (χ0n) is 9.33. The fourth-order valence-corrected chi connectivity index (χ4v) is 2.84. The smallest absolute Gasteiger partial charge is 0.365 e. The first-order valence-electron chi connectivity index (χ1n) is 4.95. The van der Waals surface area contributed by atoms with E-state index in [9.17, 15) is 14.8 Å². The average Bonchev–Trinajstić information content (AvgIpc) is 2.33. The summed E-state index contributed by atoms with van der Waals surface area (Å²) < 4.78 is 2.21. The van der Waals surface area contributed by atoms with Crippen LogP contribution >= 0.6 is 27.7 Å². The van der Waals surface area contributed by atoms with Crippen molar-refractivity contribution in [3.05, 3.63) is 55.6 Å². The van der Waals surface area contributed by atoms with Crippen molar-refractivity contribution in [3.8, 4) is 0 Å². The van der Waals surface area contributed by atoms with E-state index >= 15 is 0 Å². The summed E-state index contributed by atoms with van der Waals surface area (Å²) in [4.78, 5) is 23.8. The fraction of sp³-hybridized carbons (Fsp3) is 0.0909. The lowest BCUT2D eigenvalue weighted by Crippen LogP contribution is -2.37. The van der Waals surface area contributed by atoms with E-state index in [1.807, 2.05) is 24.3 Å². The van der Waals surface area contributed by atoms with Crippen LogP contribution in [0.3, 0.4) is 0 Å². The van der Waals surface area contributed by atoms with Gasteiger partial charge in [-0.1, -0.05) is 38.5 Å². The van der Waals surface area contributed by atoms with Gasteiger partial charge >= 0.3 is 5.69 Å². The van der Waals surface area contributed by atoms with Crippen LogP contribution in [0.2, 0.25) is 0 Å². The highest BCUT2D eigenvalue weighted by Crippen LogP contribution is 2.27. The molecule has 1 N–H and O–H groups in total. The van der Waals surface area contributed by atoms with Crippen LogP contribution in [-0.2, 0) is 7.05 Å². The predicted molar refractivity (Wildman–Crippen MR) is 71.4 cm³/mol. The van der Waals surface area contributed by atoms with Gasteiger partial charge in [0.25, 0.3) is 5.56 Å². The molecule has 1 heterocycles. The molecule has 1 aromatic heterocycles. The number of hydrogen-bond donors (Lipinski definition) is 1. The maximum atomic E-state index is 11.5. The second-order valence-electron chi connectivity index (χ2n) is 3.53. The van der Waals surface area contributed by atoms with Gasteiger partial charge in [0, 0.05) is 22.5 Å². The van der Waals surface area contributed by atoms with Gasteiger partial charge in [0.15, 0.2) is 0 Å². The zero-order chi connectivity index (χ0) is 13.3. The molecule has 0 amide bonds. The molecule has 0 fully saturated rings. The third-order valence-corrected chi connectivity index (χ3v) is 3.86. The van der Waals surface area contributed by atoms with Gasteiger partial charge < -0.3 is 5.21 Å². The molecule has 0 bridgehead atoms. The Kier molecular flexibility index (Phi) is 3.63. The molecule has 5 nitrogen and oxygen atoms in total. The molecule has 94 valence electrons. The van der Waals surface area contributed by atoms with Crippen LogP contribution in [0, 0.1) is 0 Å². The van der Waals surface area contributed by atoms with Crippen molar-refractivity contribution < 1.29 is 5.21 Å². The summed E-state index contributed by atoms with van der Waals surface area (Å²) in [5.41, 5.74) is -1.50. The molecule has 0 aliphatic heterocycles. The lowest BCUT2D eigenvalue weighted by atomic mass is 10.4. The minimum absolute atomic E-state index is 0.0883. The highest BCUT2D eigenvalue weighted by Gasteiger charge is 2.08. The summed E-state index contributed by atoms with van der Waals surface area (Å²) in [6.45, 7) is 0. The van der Waals surface area contributed by atoms with Gasteiger partial charge in [-0.15, -0.1) is 0 Å². The van der Waals surface area contributed by atoms with Gasteiger partial charge in [-0.3, -0.25) is 9.36 Å². The molecule has 0 spiro atoms. The van der Waals surface area contributed by atoms with E-state index in [1.165, 1.54) is 29.4 Å². The highest BCUT2D eigenvalue weighted by molar-refractivity contribution is 9.10. The molecular weight excluding hydrogens is 320 g/mol. The highest BCUT2D eigenvalue weighted by atomic mass is 79.9. The van der Waals surface area contributed by atoms with Crippen molar-refractivity contribution in [2.45, 2.75) is 9.92 Å². The van der Waals surface area contributed by atoms with Crippen molar-refractivity contribution in [2.75, 3.05) is 0 Å². The maximum absolute atomic E-state index is 11.5. The summed E-state index contributed by atoms with van der Waals surface area (Å²) >= 11 is 4.62. The van der Waals surface area contributed by atoms with Gasteiger partial charge in [-0.05, 0) is 18.2 Å². The molecule has 0 radical (unpaired) electrons. The summed E-state index contributed by atoms with van der Waals surface area (Å²) in [6.07, 6.45) is 0. The second-order valence-corrected chi connectivity index (χ2v) is 5.54. The van der Waals surface area contributed by atoms with Crippen molar-refractivity contribution in [3.63, 3.8) is 0 Å². The standard InChI is InChI=1S/C11H9BrN2O3S/c1-13-10(6-9(15)14(17)11(13)16)18-8-4-2-3-7(12)5-8/h2-6,17H,1H3. The van der Waals surface area contributed by atoms with Gasteiger partial charge in [-0.2, -0.15) is 0 Å². The van der Waals surface area contributed by atoms with E-state index < -0.39 is 11.2 Å². The van der Waals surface area contributed by atoms with Crippen LogP contribution in [0.5, 0.6) is 0 Å². The summed E-state index contributed by atoms with van der Waals surface area (Å²) in [6, 6.07) is 8.70. The molecule has 0 atom stereocenters. The Morgan fingerprint density at radius 3 is 2.67 bits per heavy atom. The molecule has 0 unspecified atom stereocenters. The Hall–Kier alpha value is -1.47. The lowest BCUT2D eigenvalue weighted by Gasteiger charge is -2.08. The van der Waals surface area contributed by atoms with E-state index in [2.05, 4.69) is 15.9 Å². The van der Waals surface area contributed by atoms with Crippen LogP contribution in [0.4, 0.5) is 0 Å². The molecule has 0 saturated carbocycles. The summed E-state index contributed by atoms with van der Waals surface area (Å²) in [5.74, 6) is 0. The average molecular weight is 329 g/mol. The quantitative estimate of drug-likeness (QED) is 0.673. The molecule has 2 aromatic rings. The fourth-order valence-electron chi connectivity index (χ4n) is 1.34. The second kappa shape index (κ2) is 5.03. The lowest BCUT2D eigenvalue weighted by molar-refractivity contribution is 0.153. The van der Waals surface area contributed by atoms with Crippen LogP contribution in [0.15, 0.2) is 54.3 Å². The van der Waals surface area contributed by atoms with Crippen molar-refractivity contribution in [2.24, 2.45) is 7.05 Å². The molecular formula is C11H9BrN2O3S. The van der Waals surface area contributed by atoms with Crippen LogP contribution in [0.1, 0.15) is 0 Å².